The molecule has 0 aromatic rings. The zero-order valence-electron chi connectivity index (χ0n) is 7.52. The van der Waals surface area contributed by atoms with Gasteiger partial charge in [0, 0.05) is 5.38 Å². The van der Waals surface area contributed by atoms with E-state index >= 15 is 0 Å². The van der Waals surface area contributed by atoms with Crippen molar-refractivity contribution in [2.24, 2.45) is 11.8 Å². The van der Waals surface area contributed by atoms with Crippen LogP contribution in [0.2, 0.25) is 0 Å². The Morgan fingerprint density at radius 2 is 1.50 bits per heavy atom. The fourth-order valence-corrected chi connectivity index (χ4v) is 1.76. The van der Waals surface area contributed by atoms with Gasteiger partial charge in [0.25, 0.3) is 0 Å². The Balaban J connectivity index is 3.34. The molecule has 0 aliphatic rings. The number of rotatable bonds is 4. The minimum atomic E-state index is 0.341. The smallest absolute Gasteiger partial charge is 0.0310 e. The van der Waals surface area contributed by atoms with Crippen molar-refractivity contribution >= 4 is 11.6 Å². The average Bonchev–Trinajstić information content (AvgIpc) is 1.58. The predicted molar refractivity (Wildman–Crippen MR) is 48.6 cm³/mol. The van der Waals surface area contributed by atoms with E-state index in [-0.39, 0.29) is 0 Å². The Hall–Kier alpha value is 0.290. The van der Waals surface area contributed by atoms with Crippen LogP contribution in [0.4, 0.5) is 0 Å². The first-order valence-corrected chi connectivity index (χ1v) is 4.60. The number of alkyl halides is 1. The summed E-state index contributed by atoms with van der Waals surface area (Å²) in [6, 6.07) is 0. The normalized spacial score (nSPS) is 17.4. The molecule has 2 atom stereocenters. The second-order valence-electron chi connectivity index (χ2n) is 3.75. The second kappa shape index (κ2) is 5.01. The highest BCUT2D eigenvalue weighted by Gasteiger charge is 2.07. The summed E-state index contributed by atoms with van der Waals surface area (Å²) in [5.74, 6) is 1.60. The van der Waals surface area contributed by atoms with E-state index in [4.69, 9.17) is 11.6 Å². The summed E-state index contributed by atoms with van der Waals surface area (Å²) in [7, 11) is 0. The summed E-state index contributed by atoms with van der Waals surface area (Å²) < 4.78 is 0. The summed E-state index contributed by atoms with van der Waals surface area (Å²) in [4.78, 5) is 0. The highest BCUT2D eigenvalue weighted by molar-refractivity contribution is 6.20. The van der Waals surface area contributed by atoms with E-state index in [1.54, 1.807) is 0 Å². The van der Waals surface area contributed by atoms with Crippen LogP contribution in [-0.2, 0) is 0 Å². The summed E-state index contributed by atoms with van der Waals surface area (Å²) in [5, 5.41) is 0.341. The van der Waals surface area contributed by atoms with Gasteiger partial charge < -0.3 is 0 Å². The molecule has 1 heteroatoms. The van der Waals surface area contributed by atoms with Crippen molar-refractivity contribution < 1.29 is 0 Å². The van der Waals surface area contributed by atoms with Crippen molar-refractivity contribution in [3.05, 3.63) is 0 Å². The number of hydrogen-bond acceptors (Lipinski definition) is 0. The first-order valence-electron chi connectivity index (χ1n) is 4.16. The van der Waals surface area contributed by atoms with E-state index in [2.05, 4.69) is 27.7 Å². The van der Waals surface area contributed by atoms with Gasteiger partial charge in [0.1, 0.15) is 0 Å². The molecule has 0 aliphatic heterocycles. The van der Waals surface area contributed by atoms with Crippen LogP contribution >= 0.6 is 11.6 Å². The van der Waals surface area contributed by atoms with Gasteiger partial charge in [-0.25, -0.2) is 0 Å². The molecule has 0 rings (SSSR count). The first-order chi connectivity index (χ1) is 4.52. The summed E-state index contributed by atoms with van der Waals surface area (Å²) in [5.41, 5.74) is 0. The van der Waals surface area contributed by atoms with Crippen molar-refractivity contribution in [3.8, 4) is 0 Å². The van der Waals surface area contributed by atoms with Crippen molar-refractivity contribution in [2.75, 3.05) is 0 Å². The van der Waals surface area contributed by atoms with E-state index in [1.807, 2.05) is 0 Å². The monoisotopic (exact) mass is 162 g/mol. The maximum Gasteiger partial charge on any atom is 0.0310 e. The Labute approximate surface area is 70.0 Å². The topological polar surface area (TPSA) is 0 Å². The fourth-order valence-electron chi connectivity index (χ4n) is 1.46. The van der Waals surface area contributed by atoms with Crippen LogP contribution in [0.15, 0.2) is 0 Å². The Bertz CT molecular complexity index is 66.8. The van der Waals surface area contributed by atoms with Crippen LogP contribution in [-0.4, -0.2) is 5.38 Å². The van der Waals surface area contributed by atoms with Crippen LogP contribution in [0, 0.1) is 11.8 Å². The lowest BCUT2D eigenvalue weighted by molar-refractivity contribution is 0.414. The van der Waals surface area contributed by atoms with Crippen LogP contribution in [0.5, 0.6) is 0 Å². The van der Waals surface area contributed by atoms with Crippen molar-refractivity contribution in [2.45, 2.75) is 45.9 Å². The molecular formula is C9H19Cl. The fraction of sp³-hybridized carbons (Fsp3) is 1.00. The zero-order valence-corrected chi connectivity index (χ0v) is 8.28. The predicted octanol–water partition coefficient (Wildman–Crippen LogP) is 3.69. The molecule has 0 nitrogen and oxygen atoms in total. The van der Waals surface area contributed by atoms with Gasteiger partial charge in [-0.15, -0.1) is 11.6 Å². The summed E-state index contributed by atoms with van der Waals surface area (Å²) >= 11 is 5.86. The second-order valence-corrected chi connectivity index (χ2v) is 4.50. The quantitative estimate of drug-likeness (QED) is 0.554. The van der Waals surface area contributed by atoms with Gasteiger partial charge in [0.15, 0.2) is 0 Å². The third kappa shape index (κ3) is 6.41. The number of halogens is 1. The Morgan fingerprint density at radius 1 is 1.00 bits per heavy atom. The van der Waals surface area contributed by atoms with Gasteiger partial charge in [0.2, 0.25) is 0 Å². The van der Waals surface area contributed by atoms with Crippen molar-refractivity contribution in [3.63, 3.8) is 0 Å². The van der Waals surface area contributed by atoms with Gasteiger partial charge in [-0.05, 0) is 31.6 Å². The van der Waals surface area contributed by atoms with Crippen LogP contribution in [0.1, 0.15) is 40.5 Å². The standard InChI is InChI=1S/C9H19Cl/c1-7(2)5-8(3)6-9(4)10/h7-9H,5-6H2,1-4H3. The van der Waals surface area contributed by atoms with Gasteiger partial charge in [-0.1, -0.05) is 20.8 Å². The Morgan fingerprint density at radius 3 is 1.80 bits per heavy atom. The average molecular weight is 163 g/mol. The van der Waals surface area contributed by atoms with E-state index in [1.165, 1.54) is 6.42 Å². The molecule has 62 valence electrons. The highest BCUT2D eigenvalue weighted by atomic mass is 35.5. The molecule has 2 unspecified atom stereocenters. The molecule has 0 radical (unpaired) electrons. The van der Waals surface area contributed by atoms with Crippen molar-refractivity contribution in [1.82, 2.24) is 0 Å². The number of hydrogen-bond donors (Lipinski definition) is 0. The molecule has 0 aromatic carbocycles. The van der Waals surface area contributed by atoms with Crippen molar-refractivity contribution in [1.29, 1.82) is 0 Å². The summed E-state index contributed by atoms with van der Waals surface area (Å²) in [6.07, 6.45) is 2.46. The zero-order chi connectivity index (χ0) is 8.15. The Kier molecular flexibility index (Phi) is 5.15. The molecular weight excluding hydrogens is 144 g/mol. The van der Waals surface area contributed by atoms with E-state index in [0.717, 1.165) is 18.3 Å². The molecule has 0 aromatic heterocycles. The third-order valence-electron chi connectivity index (χ3n) is 1.60. The molecule has 10 heavy (non-hydrogen) atoms. The molecule has 0 saturated heterocycles. The van der Waals surface area contributed by atoms with Crippen LogP contribution in [0.25, 0.3) is 0 Å². The van der Waals surface area contributed by atoms with E-state index in [0.29, 0.717) is 5.38 Å². The van der Waals surface area contributed by atoms with Crippen LogP contribution < -0.4 is 0 Å². The van der Waals surface area contributed by atoms with Crippen LogP contribution in [0.3, 0.4) is 0 Å². The molecule has 0 spiro atoms. The molecule has 0 amide bonds. The van der Waals surface area contributed by atoms with Gasteiger partial charge in [-0.3, -0.25) is 0 Å². The lowest BCUT2D eigenvalue weighted by Crippen LogP contribution is -2.05. The summed E-state index contributed by atoms with van der Waals surface area (Å²) in [6.45, 7) is 8.86. The van der Waals surface area contributed by atoms with E-state index in [9.17, 15) is 0 Å². The minimum Gasteiger partial charge on any atom is -0.123 e. The first kappa shape index (κ1) is 10.3. The molecule has 0 fully saturated rings. The maximum absolute atomic E-state index is 5.86. The third-order valence-corrected chi connectivity index (χ3v) is 1.78. The molecule has 0 heterocycles. The lowest BCUT2D eigenvalue weighted by atomic mass is 9.95. The van der Waals surface area contributed by atoms with Gasteiger partial charge >= 0.3 is 0 Å². The SMILES string of the molecule is CC(C)CC(C)CC(C)Cl. The molecule has 0 bridgehead atoms. The van der Waals surface area contributed by atoms with Gasteiger partial charge in [0.05, 0.1) is 0 Å². The molecule has 0 saturated carbocycles. The highest BCUT2D eigenvalue weighted by Crippen LogP contribution is 2.18. The molecule has 0 N–H and O–H groups in total. The maximum atomic E-state index is 5.86. The largest absolute Gasteiger partial charge is 0.123 e. The van der Waals surface area contributed by atoms with E-state index < -0.39 is 0 Å². The lowest BCUT2D eigenvalue weighted by Gasteiger charge is -2.14. The minimum absolute atomic E-state index is 0.341. The van der Waals surface area contributed by atoms with Gasteiger partial charge in [-0.2, -0.15) is 0 Å². The molecule has 0 aliphatic carbocycles.